The van der Waals surface area contributed by atoms with Gasteiger partial charge in [-0.15, -0.1) is 0 Å². The van der Waals surface area contributed by atoms with Gasteiger partial charge in [-0.3, -0.25) is 4.31 Å². The van der Waals surface area contributed by atoms with Gasteiger partial charge in [0.1, 0.15) is 0 Å². The predicted octanol–water partition coefficient (Wildman–Crippen LogP) is 2.19. The van der Waals surface area contributed by atoms with E-state index in [0.29, 0.717) is 5.92 Å². The lowest BCUT2D eigenvalue weighted by Gasteiger charge is -2.24. The molecule has 0 saturated carbocycles. The van der Waals surface area contributed by atoms with Crippen molar-refractivity contribution in [3.8, 4) is 0 Å². The number of hydrogen-bond donors (Lipinski definition) is 0. The number of rotatable bonds is 1. The minimum absolute atomic E-state index is 0.0129. The van der Waals surface area contributed by atoms with E-state index in [0.717, 1.165) is 17.7 Å². The summed E-state index contributed by atoms with van der Waals surface area (Å²) in [7, 11) is -3.21. The number of hydrogen-bond acceptors (Lipinski definition) is 2. The molecule has 0 amide bonds. The summed E-state index contributed by atoms with van der Waals surface area (Å²) in [5.74, 6) is 0.305. The van der Waals surface area contributed by atoms with Crippen molar-refractivity contribution in [2.24, 2.45) is 0 Å². The van der Waals surface area contributed by atoms with Crippen molar-refractivity contribution < 1.29 is 8.42 Å². The highest BCUT2D eigenvalue weighted by Crippen LogP contribution is 2.48. The van der Waals surface area contributed by atoms with Crippen LogP contribution < -0.4 is 4.31 Å². The molecule has 3 nitrogen and oxygen atoms in total. The smallest absolute Gasteiger partial charge is 0.232 e. The van der Waals surface area contributed by atoms with E-state index in [4.69, 9.17) is 0 Å². The van der Waals surface area contributed by atoms with Gasteiger partial charge in [0.2, 0.25) is 10.0 Å². The summed E-state index contributed by atoms with van der Waals surface area (Å²) < 4.78 is 25.6. The maximum Gasteiger partial charge on any atom is 0.232 e. The van der Waals surface area contributed by atoms with E-state index < -0.39 is 10.0 Å². The Labute approximate surface area is 102 Å². The van der Waals surface area contributed by atoms with E-state index in [9.17, 15) is 8.42 Å². The van der Waals surface area contributed by atoms with E-state index in [1.54, 1.807) is 4.31 Å². The van der Waals surface area contributed by atoms with Crippen LogP contribution in [0.3, 0.4) is 0 Å². The van der Waals surface area contributed by atoms with Gasteiger partial charge in [-0.1, -0.05) is 30.4 Å². The van der Waals surface area contributed by atoms with Crippen molar-refractivity contribution in [2.75, 3.05) is 10.6 Å². The Bertz CT molecular complexity index is 604. The van der Waals surface area contributed by atoms with Crippen molar-refractivity contribution >= 4 is 15.7 Å². The molecule has 0 spiro atoms. The van der Waals surface area contributed by atoms with Crippen molar-refractivity contribution in [3.63, 3.8) is 0 Å². The molecule has 1 aliphatic carbocycles. The molecule has 2 aliphatic rings. The molecular weight excluding hydrogens is 234 g/mol. The van der Waals surface area contributed by atoms with Crippen molar-refractivity contribution in [3.05, 3.63) is 41.5 Å². The van der Waals surface area contributed by atoms with E-state index in [1.165, 1.54) is 11.8 Å². The number of aryl methyl sites for hydroxylation is 1. The fraction of sp³-hybridized carbons (Fsp3) is 0.385. The monoisotopic (exact) mass is 249 g/mol. The van der Waals surface area contributed by atoms with Crippen LogP contribution in [0.5, 0.6) is 0 Å². The predicted molar refractivity (Wildman–Crippen MR) is 68.8 cm³/mol. The first-order valence-corrected chi connectivity index (χ1v) is 7.60. The van der Waals surface area contributed by atoms with Crippen LogP contribution in [0, 0.1) is 6.92 Å². The zero-order valence-electron chi connectivity index (χ0n) is 9.92. The summed E-state index contributed by atoms with van der Waals surface area (Å²) in [6.07, 6.45) is 6.33. The third-order valence-corrected chi connectivity index (χ3v) is 4.79. The van der Waals surface area contributed by atoms with Gasteiger partial charge in [-0.2, -0.15) is 0 Å². The zero-order chi connectivity index (χ0) is 12.2. The van der Waals surface area contributed by atoms with Gasteiger partial charge < -0.3 is 0 Å². The molecule has 2 atom stereocenters. The number of para-hydroxylation sites is 1. The minimum atomic E-state index is -3.21. The van der Waals surface area contributed by atoms with Gasteiger partial charge in [0.25, 0.3) is 0 Å². The van der Waals surface area contributed by atoms with Crippen LogP contribution in [0.25, 0.3) is 0 Å². The number of sulfonamides is 1. The molecule has 90 valence electrons. The van der Waals surface area contributed by atoms with Gasteiger partial charge in [0.05, 0.1) is 18.0 Å². The average Bonchev–Trinajstić information content (AvgIpc) is 2.76. The third kappa shape index (κ3) is 1.43. The molecule has 1 aromatic rings. The van der Waals surface area contributed by atoms with Gasteiger partial charge in [0.15, 0.2) is 0 Å². The minimum Gasteiger partial charge on any atom is -0.262 e. The molecule has 0 saturated heterocycles. The molecule has 0 fully saturated rings. The molecule has 0 bridgehead atoms. The Hall–Kier alpha value is -1.29. The van der Waals surface area contributed by atoms with Crippen LogP contribution in [0.1, 0.15) is 23.5 Å². The first kappa shape index (κ1) is 10.8. The van der Waals surface area contributed by atoms with Crippen LogP contribution in [0.4, 0.5) is 5.69 Å². The Morgan fingerprint density at radius 2 is 2.12 bits per heavy atom. The summed E-state index contributed by atoms with van der Waals surface area (Å²) in [5, 5.41) is 0. The van der Waals surface area contributed by atoms with E-state index in [2.05, 4.69) is 12.1 Å². The number of allylic oxidation sites excluding steroid dienone is 1. The Kier molecular flexibility index (Phi) is 2.14. The Balaban J connectivity index is 2.27. The van der Waals surface area contributed by atoms with Crippen molar-refractivity contribution in [1.29, 1.82) is 0 Å². The fourth-order valence-electron chi connectivity index (χ4n) is 3.01. The second-order valence-corrected chi connectivity index (χ2v) is 6.69. The molecule has 1 aromatic carbocycles. The molecule has 2 unspecified atom stereocenters. The molecule has 0 aromatic heterocycles. The summed E-state index contributed by atoms with van der Waals surface area (Å²) in [4.78, 5) is 0. The SMILES string of the molecule is Cc1cccc2c1N(S(C)(=O)=O)C1C=CCC21. The lowest BCUT2D eigenvalue weighted by atomic mass is 9.96. The highest BCUT2D eigenvalue weighted by molar-refractivity contribution is 7.92. The molecule has 17 heavy (non-hydrogen) atoms. The first-order chi connectivity index (χ1) is 8.00. The fourth-order valence-corrected chi connectivity index (χ4v) is 4.25. The van der Waals surface area contributed by atoms with Crippen LogP contribution in [-0.2, 0) is 10.0 Å². The largest absolute Gasteiger partial charge is 0.262 e. The summed E-state index contributed by atoms with van der Waals surface area (Å²) >= 11 is 0. The number of fused-ring (bicyclic) bond motifs is 3. The topological polar surface area (TPSA) is 37.4 Å². The van der Waals surface area contributed by atoms with Crippen molar-refractivity contribution in [2.45, 2.75) is 25.3 Å². The summed E-state index contributed by atoms with van der Waals surface area (Å²) in [5.41, 5.74) is 3.11. The highest BCUT2D eigenvalue weighted by Gasteiger charge is 2.43. The standard InChI is InChI=1S/C13H15NO2S/c1-9-5-3-7-11-10-6-4-8-12(10)14(13(9)11)17(2,15)16/h3-5,7-8,10,12H,6H2,1-2H3. The average molecular weight is 249 g/mol. The van der Waals surface area contributed by atoms with Crippen LogP contribution in [-0.4, -0.2) is 20.7 Å². The number of anilines is 1. The summed E-state index contributed by atoms with van der Waals surface area (Å²) in [6, 6.07) is 6.02. The second-order valence-electron chi connectivity index (χ2n) is 4.83. The van der Waals surface area contributed by atoms with Crippen LogP contribution in [0.15, 0.2) is 30.4 Å². The molecule has 3 rings (SSSR count). The Morgan fingerprint density at radius 3 is 2.82 bits per heavy atom. The third-order valence-electron chi connectivity index (χ3n) is 3.65. The van der Waals surface area contributed by atoms with E-state index >= 15 is 0 Å². The number of nitrogens with zero attached hydrogens (tertiary/aromatic N) is 1. The molecule has 4 heteroatoms. The molecule has 0 N–H and O–H groups in total. The summed E-state index contributed by atoms with van der Waals surface area (Å²) in [6.45, 7) is 1.97. The maximum absolute atomic E-state index is 12.0. The van der Waals surface area contributed by atoms with E-state index in [-0.39, 0.29) is 6.04 Å². The van der Waals surface area contributed by atoms with E-state index in [1.807, 2.05) is 25.1 Å². The molecule has 1 heterocycles. The van der Waals surface area contributed by atoms with Gasteiger partial charge in [-0.05, 0) is 24.5 Å². The Morgan fingerprint density at radius 1 is 1.35 bits per heavy atom. The quantitative estimate of drug-likeness (QED) is 0.715. The number of benzene rings is 1. The second kappa shape index (κ2) is 3.35. The van der Waals surface area contributed by atoms with Crippen LogP contribution >= 0.6 is 0 Å². The maximum atomic E-state index is 12.0. The van der Waals surface area contributed by atoms with Gasteiger partial charge in [0, 0.05) is 5.92 Å². The first-order valence-electron chi connectivity index (χ1n) is 5.76. The molecule has 0 radical (unpaired) electrons. The van der Waals surface area contributed by atoms with Crippen LogP contribution in [0.2, 0.25) is 0 Å². The van der Waals surface area contributed by atoms with Gasteiger partial charge in [-0.25, -0.2) is 8.42 Å². The lowest BCUT2D eigenvalue weighted by Crippen LogP contribution is -2.36. The highest BCUT2D eigenvalue weighted by atomic mass is 32.2. The molecule has 1 aliphatic heterocycles. The normalized spacial score (nSPS) is 26.1. The zero-order valence-corrected chi connectivity index (χ0v) is 10.7. The molecular formula is C13H15NO2S. The van der Waals surface area contributed by atoms with Gasteiger partial charge >= 0.3 is 0 Å². The van der Waals surface area contributed by atoms with Crippen molar-refractivity contribution in [1.82, 2.24) is 0 Å². The lowest BCUT2D eigenvalue weighted by molar-refractivity contribution is 0.588.